The lowest BCUT2D eigenvalue weighted by Gasteiger charge is -2.09. The minimum atomic E-state index is -0.499. The zero-order valence-corrected chi connectivity index (χ0v) is 13.4. The summed E-state index contributed by atoms with van der Waals surface area (Å²) in [4.78, 5) is 22.6. The topological polar surface area (TPSA) is 90.7 Å². The molecule has 7 nitrogen and oxygen atoms in total. The smallest absolute Gasteiger partial charge is 0.271 e. The van der Waals surface area contributed by atoms with Crippen LogP contribution in [0.15, 0.2) is 42.5 Å². The molecule has 2 aromatic carbocycles. The number of amides is 1. The molecule has 0 fully saturated rings. The number of carbonyl (C=O) groups is 1. The minimum Gasteiger partial charge on any atom is -0.491 e. The summed E-state index contributed by atoms with van der Waals surface area (Å²) in [6.07, 6.45) is 0. The van der Waals surface area contributed by atoms with E-state index in [9.17, 15) is 14.9 Å². The monoisotopic (exact) mass is 330 g/mol. The lowest BCUT2D eigenvalue weighted by atomic mass is 10.1. The fourth-order valence-electron chi connectivity index (χ4n) is 2.00. The molecule has 0 aromatic heterocycles. The van der Waals surface area contributed by atoms with Gasteiger partial charge in [0, 0.05) is 24.8 Å². The molecule has 0 saturated heterocycles. The van der Waals surface area contributed by atoms with Gasteiger partial charge < -0.3 is 14.8 Å². The highest BCUT2D eigenvalue weighted by Crippen LogP contribution is 2.22. The maximum atomic E-state index is 12.3. The van der Waals surface area contributed by atoms with E-state index < -0.39 is 4.92 Å². The number of non-ortho nitro benzene ring substituents is 1. The number of nitrogens with zero attached hydrogens (tertiary/aromatic N) is 1. The lowest BCUT2D eigenvalue weighted by molar-refractivity contribution is -0.384. The molecule has 0 spiro atoms. The van der Waals surface area contributed by atoms with Gasteiger partial charge in [0.1, 0.15) is 12.4 Å². The molecule has 0 heterocycles. The third kappa shape index (κ3) is 4.53. The van der Waals surface area contributed by atoms with Crippen molar-refractivity contribution in [2.24, 2.45) is 0 Å². The van der Waals surface area contributed by atoms with Crippen LogP contribution in [-0.2, 0) is 4.74 Å². The van der Waals surface area contributed by atoms with Gasteiger partial charge >= 0.3 is 0 Å². The molecule has 0 atom stereocenters. The normalized spacial score (nSPS) is 10.2. The number of aryl methyl sites for hydroxylation is 1. The first-order valence-corrected chi connectivity index (χ1v) is 7.29. The Kier molecular flexibility index (Phi) is 5.86. The Bertz CT molecular complexity index is 728. The minimum absolute atomic E-state index is 0.0715. The van der Waals surface area contributed by atoms with Crippen LogP contribution in [0.2, 0.25) is 0 Å². The summed E-state index contributed by atoms with van der Waals surface area (Å²) in [6.45, 7) is 2.68. The van der Waals surface area contributed by atoms with Crippen LogP contribution in [0.5, 0.6) is 5.75 Å². The second-order valence-electron chi connectivity index (χ2n) is 5.08. The van der Waals surface area contributed by atoms with Crippen LogP contribution in [-0.4, -0.2) is 31.2 Å². The number of nitro groups is 1. The lowest BCUT2D eigenvalue weighted by Crippen LogP contribution is -2.13. The van der Waals surface area contributed by atoms with Crippen LogP contribution in [0.4, 0.5) is 11.4 Å². The first-order chi connectivity index (χ1) is 11.5. The Morgan fingerprint density at radius 3 is 2.50 bits per heavy atom. The number of carbonyl (C=O) groups excluding carboxylic acids is 1. The highest BCUT2D eigenvalue weighted by atomic mass is 16.6. The van der Waals surface area contributed by atoms with Gasteiger partial charge in [-0.3, -0.25) is 14.9 Å². The first kappa shape index (κ1) is 17.4. The quantitative estimate of drug-likeness (QED) is 0.478. The van der Waals surface area contributed by atoms with E-state index in [1.807, 2.05) is 0 Å². The van der Waals surface area contributed by atoms with E-state index in [1.165, 1.54) is 12.1 Å². The average Bonchev–Trinajstić information content (AvgIpc) is 2.57. The van der Waals surface area contributed by atoms with E-state index in [4.69, 9.17) is 9.47 Å². The van der Waals surface area contributed by atoms with Crippen LogP contribution < -0.4 is 10.1 Å². The molecular formula is C17H18N2O5. The number of methoxy groups -OCH3 is 1. The fourth-order valence-corrected chi connectivity index (χ4v) is 2.00. The maximum Gasteiger partial charge on any atom is 0.271 e. The largest absolute Gasteiger partial charge is 0.491 e. The number of nitrogens with one attached hydrogen (secondary N) is 1. The average molecular weight is 330 g/mol. The van der Waals surface area contributed by atoms with Gasteiger partial charge in [-0.15, -0.1) is 0 Å². The van der Waals surface area contributed by atoms with E-state index in [0.717, 1.165) is 5.56 Å². The molecule has 0 aliphatic heterocycles. The molecule has 126 valence electrons. The summed E-state index contributed by atoms with van der Waals surface area (Å²) in [7, 11) is 1.59. The number of benzene rings is 2. The number of rotatable bonds is 7. The molecule has 2 rings (SSSR count). The molecule has 2 aromatic rings. The van der Waals surface area contributed by atoms with E-state index in [-0.39, 0.29) is 11.6 Å². The van der Waals surface area contributed by atoms with Gasteiger partial charge in [0.05, 0.1) is 17.2 Å². The van der Waals surface area contributed by atoms with Gasteiger partial charge in [0.15, 0.2) is 0 Å². The van der Waals surface area contributed by atoms with Crippen LogP contribution in [0.1, 0.15) is 15.9 Å². The Labute approximate surface area is 139 Å². The van der Waals surface area contributed by atoms with E-state index in [1.54, 1.807) is 44.4 Å². The zero-order valence-electron chi connectivity index (χ0n) is 13.4. The van der Waals surface area contributed by atoms with Gasteiger partial charge in [0.2, 0.25) is 0 Å². The summed E-state index contributed by atoms with van der Waals surface area (Å²) < 4.78 is 10.3. The van der Waals surface area contributed by atoms with Gasteiger partial charge in [-0.1, -0.05) is 6.07 Å². The van der Waals surface area contributed by atoms with Gasteiger partial charge in [-0.2, -0.15) is 0 Å². The highest BCUT2D eigenvalue weighted by molar-refractivity contribution is 6.04. The fraction of sp³-hybridized carbons (Fsp3) is 0.235. The Morgan fingerprint density at radius 2 is 1.88 bits per heavy atom. The van der Waals surface area contributed by atoms with Crippen LogP contribution in [0, 0.1) is 17.0 Å². The van der Waals surface area contributed by atoms with E-state index in [2.05, 4.69) is 5.32 Å². The van der Waals surface area contributed by atoms with Crippen molar-refractivity contribution in [1.29, 1.82) is 0 Å². The summed E-state index contributed by atoms with van der Waals surface area (Å²) >= 11 is 0. The number of anilines is 1. The predicted octanol–water partition coefficient (Wildman–Crippen LogP) is 3.18. The van der Waals surface area contributed by atoms with Crippen molar-refractivity contribution in [2.45, 2.75) is 6.92 Å². The standard InChI is InChI=1S/C17H18N2O5/c1-12-3-6-14(19(21)22)11-16(12)18-17(20)13-4-7-15(8-5-13)24-10-9-23-2/h3-8,11H,9-10H2,1-2H3,(H,18,20). The van der Waals surface area contributed by atoms with Crippen LogP contribution >= 0.6 is 0 Å². The van der Waals surface area contributed by atoms with E-state index >= 15 is 0 Å². The van der Waals surface area contributed by atoms with Crippen LogP contribution in [0.3, 0.4) is 0 Å². The molecular weight excluding hydrogens is 312 g/mol. The number of hydrogen-bond acceptors (Lipinski definition) is 5. The van der Waals surface area contributed by atoms with Crippen molar-refractivity contribution in [3.63, 3.8) is 0 Å². The summed E-state index contributed by atoms with van der Waals surface area (Å²) in [5, 5.41) is 13.5. The van der Waals surface area contributed by atoms with Gasteiger partial charge in [-0.05, 0) is 36.8 Å². The zero-order chi connectivity index (χ0) is 17.5. The van der Waals surface area contributed by atoms with Crippen molar-refractivity contribution in [1.82, 2.24) is 0 Å². The molecule has 0 bridgehead atoms. The van der Waals surface area contributed by atoms with Crippen molar-refractivity contribution in [3.8, 4) is 5.75 Å². The summed E-state index contributed by atoms with van der Waals surface area (Å²) in [6, 6.07) is 11.0. The third-order valence-electron chi connectivity index (χ3n) is 3.35. The molecule has 7 heteroatoms. The first-order valence-electron chi connectivity index (χ1n) is 7.29. The molecule has 0 saturated carbocycles. The molecule has 1 N–H and O–H groups in total. The molecule has 24 heavy (non-hydrogen) atoms. The Hall–Kier alpha value is -2.93. The van der Waals surface area contributed by atoms with Gasteiger partial charge in [-0.25, -0.2) is 0 Å². The highest BCUT2D eigenvalue weighted by Gasteiger charge is 2.12. The third-order valence-corrected chi connectivity index (χ3v) is 3.35. The van der Waals surface area contributed by atoms with Gasteiger partial charge in [0.25, 0.3) is 11.6 Å². The van der Waals surface area contributed by atoms with Crippen LogP contribution in [0.25, 0.3) is 0 Å². The number of hydrogen-bond donors (Lipinski definition) is 1. The predicted molar refractivity (Wildman–Crippen MR) is 89.6 cm³/mol. The molecule has 0 unspecified atom stereocenters. The number of nitro benzene ring substituents is 1. The summed E-state index contributed by atoms with van der Waals surface area (Å²) in [5.41, 5.74) is 1.51. The second kappa shape index (κ2) is 8.07. The van der Waals surface area contributed by atoms with Crippen molar-refractivity contribution in [2.75, 3.05) is 25.6 Å². The van der Waals surface area contributed by atoms with E-state index in [0.29, 0.717) is 30.2 Å². The molecule has 0 aliphatic rings. The number of ether oxygens (including phenoxy) is 2. The maximum absolute atomic E-state index is 12.3. The molecule has 0 radical (unpaired) electrons. The second-order valence-corrected chi connectivity index (χ2v) is 5.08. The Balaban J connectivity index is 2.07. The van der Waals surface area contributed by atoms with Crippen molar-refractivity contribution < 1.29 is 19.2 Å². The van der Waals surface area contributed by atoms with Crippen molar-refractivity contribution >= 4 is 17.3 Å². The summed E-state index contributed by atoms with van der Waals surface area (Å²) in [5.74, 6) is 0.289. The molecule has 1 amide bonds. The molecule has 0 aliphatic carbocycles. The Morgan fingerprint density at radius 1 is 1.17 bits per heavy atom. The SMILES string of the molecule is COCCOc1ccc(C(=O)Nc2cc([N+](=O)[O-])ccc2C)cc1. The van der Waals surface area contributed by atoms with Crippen molar-refractivity contribution in [3.05, 3.63) is 63.7 Å².